The van der Waals surface area contributed by atoms with Crippen LogP contribution in [0.5, 0.6) is 0 Å². The van der Waals surface area contributed by atoms with Crippen molar-refractivity contribution in [2.24, 2.45) is 5.92 Å². The predicted octanol–water partition coefficient (Wildman–Crippen LogP) is 3.18. The van der Waals surface area contributed by atoms with Gasteiger partial charge in [0.2, 0.25) is 5.91 Å². The lowest BCUT2D eigenvalue weighted by atomic mass is 9.92. The molecule has 1 amide bonds. The fourth-order valence-electron chi connectivity index (χ4n) is 3.23. The average Bonchev–Trinajstić information content (AvgIpc) is 2.93. The summed E-state index contributed by atoms with van der Waals surface area (Å²) in [6, 6.07) is 12.1. The van der Waals surface area contributed by atoms with Crippen molar-refractivity contribution in [1.82, 2.24) is 5.32 Å². The fraction of sp³-hybridized carbons (Fsp3) is 0.444. The van der Waals surface area contributed by atoms with Crippen molar-refractivity contribution in [2.45, 2.75) is 30.9 Å². The molecule has 2 heterocycles. The van der Waals surface area contributed by atoms with Crippen molar-refractivity contribution >= 4 is 17.7 Å². The minimum Gasteiger partial charge on any atom is -0.380 e. The highest BCUT2D eigenvalue weighted by atomic mass is 32.2. The van der Waals surface area contributed by atoms with Crippen molar-refractivity contribution in [3.8, 4) is 6.07 Å². The Labute approximate surface area is 140 Å². The Morgan fingerprint density at radius 1 is 1.48 bits per heavy atom. The van der Waals surface area contributed by atoms with Crippen LogP contribution in [0.3, 0.4) is 0 Å². The molecule has 0 aromatic heterocycles. The Morgan fingerprint density at radius 2 is 2.26 bits per heavy atom. The van der Waals surface area contributed by atoms with Crippen molar-refractivity contribution in [3.05, 3.63) is 46.5 Å². The van der Waals surface area contributed by atoms with Gasteiger partial charge in [0.25, 0.3) is 0 Å². The largest absolute Gasteiger partial charge is 0.380 e. The molecule has 1 N–H and O–H groups in total. The van der Waals surface area contributed by atoms with Crippen molar-refractivity contribution in [1.29, 1.82) is 5.26 Å². The molecule has 120 valence electrons. The zero-order valence-electron chi connectivity index (χ0n) is 13.1. The van der Waals surface area contributed by atoms with Gasteiger partial charge >= 0.3 is 0 Å². The molecule has 0 radical (unpaired) electrons. The lowest BCUT2D eigenvalue weighted by Crippen LogP contribution is -2.28. The number of allylic oxidation sites excluding steroid dienone is 1. The van der Waals surface area contributed by atoms with Crippen LogP contribution in [0.2, 0.25) is 0 Å². The summed E-state index contributed by atoms with van der Waals surface area (Å²) in [5, 5.41) is 13.5. The second kappa shape index (κ2) is 7.20. The van der Waals surface area contributed by atoms with E-state index in [1.165, 1.54) is 0 Å². The standard InChI is InChI=1S/C18H20N2O2S/c1-2-13(12-6-4-3-5-7-12)17(21)20-18-15(10-19)14-8-9-22-11-16(14)23-18/h3-7,13-14,16H,2,8-9,11H2,1H3,(H,20,21). The maximum atomic E-state index is 12.7. The number of carbonyl (C=O) groups is 1. The van der Waals surface area contributed by atoms with Crippen molar-refractivity contribution < 1.29 is 9.53 Å². The monoisotopic (exact) mass is 328 g/mol. The summed E-state index contributed by atoms with van der Waals surface area (Å²) in [6.07, 6.45) is 1.58. The highest BCUT2D eigenvalue weighted by molar-refractivity contribution is 8.04. The van der Waals surface area contributed by atoms with Crippen molar-refractivity contribution in [2.75, 3.05) is 13.2 Å². The first-order valence-electron chi connectivity index (χ1n) is 7.99. The van der Waals surface area contributed by atoms with E-state index in [0.717, 1.165) is 29.0 Å². The number of hydrogen-bond acceptors (Lipinski definition) is 4. The summed E-state index contributed by atoms with van der Waals surface area (Å²) < 4.78 is 5.50. The molecule has 3 atom stereocenters. The summed E-state index contributed by atoms with van der Waals surface area (Å²) >= 11 is 1.58. The van der Waals surface area contributed by atoms with E-state index in [-0.39, 0.29) is 23.0 Å². The van der Waals surface area contributed by atoms with Gasteiger partial charge in [-0.3, -0.25) is 4.79 Å². The Balaban J connectivity index is 1.77. The quantitative estimate of drug-likeness (QED) is 0.922. The summed E-state index contributed by atoms with van der Waals surface area (Å²) in [7, 11) is 0. The number of benzene rings is 1. The van der Waals surface area contributed by atoms with Gasteiger partial charge in [0.1, 0.15) is 0 Å². The number of ether oxygens (including phenoxy) is 1. The lowest BCUT2D eigenvalue weighted by molar-refractivity contribution is -0.121. The highest BCUT2D eigenvalue weighted by Gasteiger charge is 2.39. The molecule has 0 bridgehead atoms. The third-order valence-electron chi connectivity index (χ3n) is 4.47. The molecule has 0 aliphatic carbocycles. The number of hydrogen-bond donors (Lipinski definition) is 1. The SMILES string of the molecule is CCC(C(=O)NC1=C(C#N)C2CCOCC2S1)c1ccccc1. The molecule has 0 saturated carbocycles. The van der Waals surface area contributed by atoms with Crippen LogP contribution in [0.1, 0.15) is 31.2 Å². The minimum atomic E-state index is -0.192. The second-order valence-electron chi connectivity index (χ2n) is 5.84. The smallest absolute Gasteiger partial charge is 0.232 e. The van der Waals surface area contributed by atoms with Gasteiger partial charge in [-0.25, -0.2) is 0 Å². The van der Waals surface area contributed by atoms with E-state index in [0.29, 0.717) is 13.2 Å². The number of thioether (sulfide) groups is 1. The van der Waals surface area contributed by atoms with Crippen LogP contribution in [0.15, 0.2) is 40.9 Å². The molecule has 3 rings (SSSR count). The minimum absolute atomic E-state index is 0.0338. The number of nitriles is 1. The molecule has 1 fully saturated rings. The van der Waals surface area contributed by atoms with Gasteiger partial charge in [-0.2, -0.15) is 5.26 Å². The highest BCUT2D eigenvalue weighted by Crippen LogP contribution is 2.44. The van der Waals surface area contributed by atoms with Crippen LogP contribution in [-0.2, 0) is 9.53 Å². The first-order valence-corrected chi connectivity index (χ1v) is 8.87. The molecule has 4 nitrogen and oxygen atoms in total. The van der Waals surface area contributed by atoms with Crippen LogP contribution < -0.4 is 5.32 Å². The second-order valence-corrected chi connectivity index (χ2v) is 7.09. The van der Waals surface area contributed by atoms with Gasteiger partial charge in [0, 0.05) is 17.8 Å². The number of nitrogens with one attached hydrogen (secondary N) is 1. The summed E-state index contributed by atoms with van der Waals surface area (Å²) in [5.74, 6) is -0.0116. The van der Waals surface area contributed by atoms with Gasteiger partial charge < -0.3 is 10.1 Å². The normalized spacial score (nSPS) is 24.7. The maximum absolute atomic E-state index is 12.7. The molecule has 1 aromatic rings. The Hall–Kier alpha value is -1.77. The van der Waals surface area contributed by atoms with Gasteiger partial charge in [0.05, 0.1) is 29.2 Å². The fourth-order valence-corrected chi connectivity index (χ4v) is 4.62. The first kappa shape index (κ1) is 16.1. The van der Waals surface area contributed by atoms with Crippen LogP contribution in [0, 0.1) is 17.2 Å². The molecular weight excluding hydrogens is 308 g/mol. The lowest BCUT2D eigenvalue weighted by Gasteiger charge is -2.24. The predicted molar refractivity (Wildman–Crippen MR) is 90.6 cm³/mol. The molecular formula is C18H20N2O2S. The maximum Gasteiger partial charge on any atom is 0.232 e. The van der Waals surface area contributed by atoms with E-state index in [1.54, 1.807) is 11.8 Å². The van der Waals surface area contributed by atoms with E-state index in [1.807, 2.05) is 37.3 Å². The molecule has 1 saturated heterocycles. The van der Waals surface area contributed by atoms with Gasteiger partial charge in [-0.05, 0) is 18.4 Å². The topological polar surface area (TPSA) is 62.1 Å². The zero-order valence-corrected chi connectivity index (χ0v) is 13.9. The summed E-state index contributed by atoms with van der Waals surface area (Å²) in [4.78, 5) is 12.7. The molecule has 2 aliphatic rings. The molecule has 5 heteroatoms. The number of rotatable bonds is 4. The Bertz CT molecular complexity index is 651. The molecule has 23 heavy (non-hydrogen) atoms. The van der Waals surface area contributed by atoms with Gasteiger partial charge in [-0.15, -0.1) is 11.8 Å². The van der Waals surface area contributed by atoms with E-state index in [2.05, 4.69) is 11.4 Å². The van der Waals surface area contributed by atoms with Crippen LogP contribution in [-0.4, -0.2) is 24.4 Å². The third-order valence-corrected chi connectivity index (χ3v) is 5.80. The van der Waals surface area contributed by atoms with Crippen LogP contribution in [0.25, 0.3) is 0 Å². The van der Waals surface area contributed by atoms with E-state index in [4.69, 9.17) is 4.74 Å². The van der Waals surface area contributed by atoms with Crippen LogP contribution in [0.4, 0.5) is 0 Å². The van der Waals surface area contributed by atoms with Gasteiger partial charge in [-0.1, -0.05) is 37.3 Å². The number of nitrogens with zero attached hydrogens (tertiary/aromatic N) is 1. The average molecular weight is 328 g/mol. The Kier molecular flexibility index (Phi) is 5.04. The zero-order chi connectivity index (χ0) is 16.2. The molecule has 1 aromatic carbocycles. The summed E-state index contributed by atoms with van der Waals surface area (Å²) in [6.45, 7) is 3.34. The van der Waals surface area contributed by atoms with E-state index >= 15 is 0 Å². The first-order chi connectivity index (χ1) is 11.2. The van der Waals surface area contributed by atoms with E-state index in [9.17, 15) is 10.1 Å². The molecule has 3 unspecified atom stereocenters. The Morgan fingerprint density at radius 3 is 2.96 bits per heavy atom. The molecule has 0 spiro atoms. The number of amides is 1. The van der Waals surface area contributed by atoms with Crippen LogP contribution >= 0.6 is 11.8 Å². The summed E-state index contributed by atoms with van der Waals surface area (Å²) in [5.41, 5.74) is 1.73. The molecule has 2 aliphatic heterocycles. The number of carbonyl (C=O) groups excluding carboxylic acids is 1. The van der Waals surface area contributed by atoms with Gasteiger partial charge in [0.15, 0.2) is 0 Å². The number of fused-ring (bicyclic) bond motifs is 1. The van der Waals surface area contributed by atoms with Crippen molar-refractivity contribution in [3.63, 3.8) is 0 Å². The third kappa shape index (κ3) is 3.29. The van der Waals surface area contributed by atoms with E-state index < -0.39 is 0 Å².